The molecule has 0 aliphatic heterocycles. The smallest absolute Gasteiger partial charge is 0.325 e. The number of guanidine groups is 1. The molecule has 0 fully saturated rings. The van der Waals surface area contributed by atoms with Gasteiger partial charge in [-0.1, -0.05) is 15.9 Å². The first-order valence-corrected chi connectivity index (χ1v) is 6.21. The SMILES string of the molecule is CC(C)N=C(NN)Nc1ccc(Br)cc1C(F)(F)F. The molecule has 19 heavy (non-hydrogen) atoms. The second kappa shape index (κ2) is 6.25. The number of halogens is 4. The summed E-state index contributed by atoms with van der Waals surface area (Å²) in [4.78, 5) is 4.03. The first-order valence-electron chi connectivity index (χ1n) is 5.42. The fraction of sp³-hybridized carbons (Fsp3) is 0.364. The van der Waals surface area contributed by atoms with Gasteiger partial charge < -0.3 is 5.32 Å². The van der Waals surface area contributed by atoms with Gasteiger partial charge in [0.05, 0.1) is 11.3 Å². The molecule has 106 valence electrons. The van der Waals surface area contributed by atoms with E-state index in [1.54, 1.807) is 13.8 Å². The van der Waals surface area contributed by atoms with Gasteiger partial charge in [0, 0.05) is 10.5 Å². The molecule has 0 aliphatic rings. The topological polar surface area (TPSA) is 62.4 Å². The normalized spacial score (nSPS) is 12.7. The van der Waals surface area contributed by atoms with E-state index in [0.717, 1.165) is 6.07 Å². The Bertz CT molecular complexity index is 471. The predicted octanol–water partition coefficient (Wildman–Crippen LogP) is 3.11. The van der Waals surface area contributed by atoms with Crippen molar-refractivity contribution in [1.29, 1.82) is 0 Å². The molecular weight excluding hydrogens is 325 g/mol. The zero-order valence-corrected chi connectivity index (χ0v) is 11.9. The second-order valence-electron chi connectivity index (χ2n) is 4.03. The van der Waals surface area contributed by atoms with Crippen molar-refractivity contribution in [1.82, 2.24) is 5.43 Å². The first-order chi connectivity index (χ1) is 8.74. The number of rotatable bonds is 2. The zero-order chi connectivity index (χ0) is 14.6. The summed E-state index contributed by atoms with van der Waals surface area (Å²) in [6.07, 6.45) is -4.47. The van der Waals surface area contributed by atoms with Gasteiger partial charge in [-0.2, -0.15) is 13.2 Å². The minimum Gasteiger partial charge on any atom is -0.325 e. The van der Waals surface area contributed by atoms with Crippen LogP contribution in [0.3, 0.4) is 0 Å². The summed E-state index contributed by atoms with van der Waals surface area (Å²) >= 11 is 3.01. The molecular formula is C11H14BrF3N4. The molecule has 0 unspecified atom stereocenters. The fourth-order valence-corrected chi connectivity index (χ4v) is 1.71. The minimum atomic E-state index is -4.47. The third-order valence-electron chi connectivity index (χ3n) is 2.06. The van der Waals surface area contributed by atoms with Crippen LogP contribution in [0, 0.1) is 0 Å². The van der Waals surface area contributed by atoms with Gasteiger partial charge in [-0.05, 0) is 32.0 Å². The number of hydrazine groups is 1. The molecule has 0 amide bonds. The van der Waals surface area contributed by atoms with Crippen molar-refractivity contribution in [3.63, 3.8) is 0 Å². The van der Waals surface area contributed by atoms with Gasteiger partial charge in [-0.25, -0.2) is 10.8 Å². The van der Waals surface area contributed by atoms with Gasteiger partial charge in [0.1, 0.15) is 0 Å². The van der Waals surface area contributed by atoms with E-state index >= 15 is 0 Å². The quantitative estimate of drug-likeness (QED) is 0.336. The number of nitrogens with zero attached hydrogens (tertiary/aromatic N) is 1. The molecule has 4 nitrogen and oxygen atoms in total. The van der Waals surface area contributed by atoms with Gasteiger partial charge >= 0.3 is 6.18 Å². The molecule has 0 saturated heterocycles. The maximum absolute atomic E-state index is 12.9. The van der Waals surface area contributed by atoms with E-state index in [1.807, 2.05) is 0 Å². The lowest BCUT2D eigenvalue weighted by atomic mass is 10.1. The number of nitrogens with one attached hydrogen (secondary N) is 2. The molecule has 0 bridgehead atoms. The van der Waals surface area contributed by atoms with Crippen molar-refractivity contribution >= 4 is 27.6 Å². The number of nitrogens with two attached hydrogens (primary N) is 1. The maximum atomic E-state index is 12.9. The molecule has 1 rings (SSSR count). The van der Waals surface area contributed by atoms with Crippen LogP contribution < -0.4 is 16.6 Å². The third kappa shape index (κ3) is 4.71. The van der Waals surface area contributed by atoms with E-state index < -0.39 is 11.7 Å². The summed E-state index contributed by atoms with van der Waals surface area (Å²) in [6.45, 7) is 3.57. The van der Waals surface area contributed by atoms with Crippen LogP contribution in [0.4, 0.5) is 18.9 Å². The highest BCUT2D eigenvalue weighted by molar-refractivity contribution is 9.10. The fourth-order valence-electron chi connectivity index (χ4n) is 1.35. The zero-order valence-electron chi connectivity index (χ0n) is 10.3. The summed E-state index contributed by atoms with van der Waals surface area (Å²) in [7, 11) is 0. The Kier molecular flexibility index (Phi) is 5.19. The van der Waals surface area contributed by atoms with Crippen LogP contribution in [0.15, 0.2) is 27.7 Å². The summed E-state index contributed by atoms with van der Waals surface area (Å²) < 4.78 is 39.0. The molecule has 0 spiro atoms. The number of hydrogen-bond acceptors (Lipinski definition) is 2. The molecule has 1 aromatic carbocycles. The van der Waals surface area contributed by atoms with E-state index in [9.17, 15) is 13.2 Å². The molecule has 0 aromatic heterocycles. The average molecular weight is 339 g/mol. The lowest BCUT2D eigenvalue weighted by molar-refractivity contribution is -0.136. The van der Waals surface area contributed by atoms with Gasteiger partial charge in [0.15, 0.2) is 0 Å². The molecule has 0 heterocycles. The molecule has 8 heteroatoms. The van der Waals surface area contributed by atoms with Crippen molar-refractivity contribution in [3.8, 4) is 0 Å². The summed E-state index contributed by atoms with van der Waals surface area (Å²) in [5.74, 6) is 5.30. The van der Waals surface area contributed by atoms with Crippen molar-refractivity contribution in [2.24, 2.45) is 10.8 Å². The molecule has 0 aliphatic carbocycles. The first kappa shape index (κ1) is 15.8. The third-order valence-corrected chi connectivity index (χ3v) is 2.56. The summed E-state index contributed by atoms with van der Waals surface area (Å²) in [6, 6.07) is 3.69. The van der Waals surface area contributed by atoms with Gasteiger partial charge in [-0.3, -0.25) is 5.43 Å². The van der Waals surface area contributed by atoms with Crippen LogP contribution in [0.25, 0.3) is 0 Å². The Balaban J connectivity index is 3.14. The molecule has 0 saturated carbocycles. The van der Waals surface area contributed by atoms with E-state index in [-0.39, 0.29) is 17.7 Å². The lowest BCUT2D eigenvalue weighted by Crippen LogP contribution is -2.37. The highest BCUT2D eigenvalue weighted by atomic mass is 79.9. The Morgan fingerprint density at radius 3 is 2.47 bits per heavy atom. The Hall–Kier alpha value is -1.28. The summed E-state index contributed by atoms with van der Waals surface area (Å²) in [5.41, 5.74) is 1.32. The number of hydrogen-bond donors (Lipinski definition) is 3. The Labute approximate surface area is 117 Å². The predicted molar refractivity (Wildman–Crippen MR) is 72.7 cm³/mol. The van der Waals surface area contributed by atoms with Crippen LogP contribution in [-0.2, 0) is 6.18 Å². The number of aliphatic imine (C=N–C) groups is 1. The molecule has 1 aromatic rings. The van der Waals surface area contributed by atoms with E-state index in [2.05, 4.69) is 31.7 Å². The average Bonchev–Trinajstić information content (AvgIpc) is 2.28. The van der Waals surface area contributed by atoms with Crippen molar-refractivity contribution < 1.29 is 13.2 Å². The van der Waals surface area contributed by atoms with Crippen molar-refractivity contribution in [2.75, 3.05) is 5.32 Å². The summed E-state index contributed by atoms with van der Waals surface area (Å²) in [5, 5.41) is 2.54. The molecule has 0 radical (unpaired) electrons. The molecule has 0 atom stereocenters. The number of anilines is 1. The largest absolute Gasteiger partial charge is 0.418 e. The van der Waals surface area contributed by atoms with Crippen molar-refractivity contribution in [2.45, 2.75) is 26.1 Å². The monoisotopic (exact) mass is 338 g/mol. The van der Waals surface area contributed by atoms with Crippen LogP contribution in [0.2, 0.25) is 0 Å². The van der Waals surface area contributed by atoms with Crippen LogP contribution >= 0.6 is 15.9 Å². The van der Waals surface area contributed by atoms with Gasteiger partial charge in [-0.15, -0.1) is 0 Å². The number of alkyl halides is 3. The van der Waals surface area contributed by atoms with E-state index in [4.69, 9.17) is 5.84 Å². The van der Waals surface area contributed by atoms with Gasteiger partial charge in [0.2, 0.25) is 5.96 Å². The maximum Gasteiger partial charge on any atom is 0.418 e. The minimum absolute atomic E-state index is 0.0721. The second-order valence-corrected chi connectivity index (χ2v) is 4.94. The number of benzene rings is 1. The van der Waals surface area contributed by atoms with E-state index in [1.165, 1.54) is 12.1 Å². The Morgan fingerprint density at radius 1 is 1.37 bits per heavy atom. The molecule has 4 N–H and O–H groups in total. The van der Waals surface area contributed by atoms with Crippen LogP contribution in [-0.4, -0.2) is 12.0 Å². The van der Waals surface area contributed by atoms with Crippen LogP contribution in [0.5, 0.6) is 0 Å². The van der Waals surface area contributed by atoms with Gasteiger partial charge in [0.25, 0.3) is 0 Å². The van der Waals surface area contributed by atoms with Crippen molar-refractivity contribution in [3.05, 3.63) is 28.2 Å². The van der Waals surface area contributed by atoms with E-state index in [0.29, 0.717) is 4.47 Å². The lowest BCUT2D eigenvalue weighted by Gasteiger charge is -2.16. The highest BCUT2D eigenvalue weighted by Crippen LogP contribution is 2.36. The highest BCUT2D eigenvalue weighted by Gasteiger charge is 2.34. The standard InChI is InChI=1S/C11H14BrF3N4/c1-6(2)17-10(19-16)18-9-4-3-7(12)5-8(9)11(13,14)15/h3-6H,16H2,1-2H3,(H2,17,18,19). The Morgan fingerprint density at radius 2 is 2.00 bits per heavy atom. The van der Waals surface area contributed by atoms with Crippen LogP contribution in [0.1, 0.15) is 19.4 Å².